The fourth-order valence-electron chi connectivity index (χ4n) is 2.29. The van der Waals surface area contributed by atoms with Crippen LogP contribution in [0.2, 0.25) is 0 Å². The average molecular weight is 313 g/mol. The molecule has 4 heteroatoms. The minimum absolute atomic E-state index is 0.133. The van der Waals surface area contributed by atoms with Gasteiger partial charge in [-0.3, -0.25) is 4.79 Å². The Hall–Kier alpha value is -2.49. The number of anilines is 1. The number of ether oxygens (including phenoxy) is 1. The Morgan fingerprint density at radius 1 is 1.13 bits per heavy atom. The molecule has 0 atom stereocenters. The molecule has 0 aliphatic heterocycles. The maximum absolute atomic E-state index is 10.5. The van der Waals surface area contributed by atoms with E-state index in [4.69, 9.17) is 9.84 Å². The van der Waals surface area contributed by atoms with Gasteiger partial charge in [-0.2, -0.15) is 0 Å². The number of aliphatic carboxylic acids is 1. The van der Waals surface area contributed by atoms with Crippen LogP contribution in [0.5, 0.6) is 5.75 Å². The highest BCUT2D eigenvalue weighted by Gasteiger charge is 2.04. The van der Waals surface area contributed by atoms with Crippen LogP contribution < -0.4 is 10.1 Å². The number of carboxylic acid groups (broad SMARTS) is 1. The minimum Gasteiger partial charge on any atom is -0.494 e. The van der Waals surface area contributed by atoms with Crippen molar-refractivity contribution < 1.29 is 14.6 Å². The van der Waals surface area contributed by atoms with Crippen molar-refractivity contribution in [1.29, 1.82) is 0 Å². The topological polar surface area (TPSA) is 58.6 Å². The maximum atomic E-state index is 10.5. The third-order valence-corrected chi connectivity index (χ3v) is 3.46. The number of carboxylic acids is 1. The Balaban J connectivity index is 2.00. The lowest BCUT2D eigenvalue weighted by molar-refractivity contribution is -0.137. The van der Waals surface area contributed by atoms with Gasteiger partial charge in [-0.25, -0.2) is 0 Å². The lowest BCUT2D eigenvalue weighted by Gasteiger charge is -2.12. The van der Waals surface area contributed by atoms with Gasteiger partial charge in [-0.05, 0) is 36.6 Å². The molecule has 23 heavy (non-hydrogen) atoms. The maximum Gasteiger partial charge on any atom is 0.303 e. The molecule has 0 bridgehead atoms. The summed E-state index contributed by atoms with van der Waals surface area (Å²) in [6, 6.07) is 16.1. The largest absolute Gasteiger partial charge is 0.494 e. The summed E-state index contributed by atoms with van der Waals surface area (Å²) in [7, 11) is 0. The first-order valence-corrected chi connectivity index (χ1v) is 7.98. The molecule has 2 aromatic rings. The molecule has 0 heterocycles. The van der Waals surface area contributed by atoms with Crippen LogP contribution in [0.1, 0.15) is 26.2 Å². The third kappa shape index (κ3) is 5.33. The van der Waals surface area contributed by atoms with Crippen LogP contribution in [0.15, 0.2) is 48.5 Å². The number of benzene rings is 2. The first-order chi connectivity index (χ1) is 11.2. The van der Waals surface area contributed by atoms with Gasteiger partial charge in [0, 0.05) is 24.2 Å². The molecule has 4 nitrogen and oxygen atoms in total. The van der Waals surface area contributed by atoms with E-state index in [1.165, 1.54) is 5.56 Å². The van der Waals surface area contributed by atoms with Gasteiger partial charge in [-0.15, -0.1) is 0 Å². The van der Waals surface area contributed by atoms with E-state index in [0.717, 1.165) is 30.0 Å². The first kappa shape index (κ1) is 16.9. The van der Waals surface area contributed by atoms with E-state index in [2.05, 4.69) is 24.4 Å². The first-order valence-electron chi connectivity index (χ1n) is 7.98. The molecule has 0 aliphatic carbocycles. The highest BCUT2D eigenvalue weighted by Crippen LogP contribution is 2.29. The molecule has 0 aromatic heterocycles. The summed E-state index contributed by atoms with van der Waals surface area (Å²) < 4.78 is 5.56. The van der Waals surface area contributed by atoms with Crippen molar-refractivity contribution in [1.82, 2.24) is 0 Å². The highest BCUT2D eigenvalue weighted by atomic mass is 16.5. The van der Waals surface area contributed by atoms with Crippen LogP contribution in [0.4, 0.5) is 5.69 Å². The number of para-hydroxylation sites is 1. The van der Waals surface area contributed by atoms with E-state index < -0.39 is 5.97 Å². The molecule has 0 saturated heterocycles. The molecule has 0 spiro atoms. The molecule has 0 saturated carbocycles. The Bertz CT molecular complexity index is 623. The van der Waals surface area contributed by atoms with Gasteiger partial charge in [-0.1, -0.05) is 37.3 Å². The van der Waals surface area contributed by atoms with Gasteiger partial charge in [0.05, 0.1) is 6.61 Å². The van der Waals surface area contributed by atoms with Crippen LogP contribution >= 0.6 is 0 Å². The standard InChI is InChI=1S/C19H23NO3/c1-2-13-20-18-7-4-3-6-17(18)15-9-11-16(12-10-15)23-14-5-8-19(21)22/h3-4,6-7,9-12,20H,2,5,8,13-14H2,1H3,(H,21,22). The van der Waals surface area contributed by atoms with E-state index in [0.29, 0.717) is 13.0 Å². The van der Waals surface area contributed by atoms with Gasteiger partial charge in [0.15, 0.2) is 0 Å². The Kier molecular flexibility index (Phi) is 6.48. The fraction of sp³-hybridized carbons (Fsp3) is 0.316. The monoisotopic (exact) mass is 313 g/mol. The second kappa shape index (κ2) is 8.83. The van der Waals surface area contributed by atoms with Crippen molar-refractivity contribution >= 4 is 11.7 Å². The molecule has 0 amide bonds. The predicted octanol–water partition coefficient (Wildman–Crippen LogP) is 4.42. The van der Waals surface area contributed by atoms with Crippen LogP contribution in [0.3, 0.4) is 0 Å². The Labute approximate surface area is 137 Å². The highest BCUT2D eigenvalue weighted by molar-refractivity contribution is 5.78. The second-order valence-corrected chi connectivity index (χ2v) is 5.34. The van der Waals surface area contributed by atoms with E-state index in [-0.39, 0.29) is 6.42 Å². The van der Waals surface area contributed by atoms with E-state index in [1.54, 1.807) is 0 Å². The molecule has 0 unspecified atom stereocenters. The van der Waals surface area contributed by atoms with Crippen molar-refractivity contribution in [2.45, 2.75) is 26.2 Å². The minimum atomic E-state index is -0.792. The summed E-state index contributed by atoms with van der Waals surface area (Å²) in [5.41, 5.74) is 3.42. The average Bonchev–Trinajstić information content (AvgIpc) is 2.57. The van der Waals surface area contributed by atoms with Gasteiger partial charge in [0.25, 0.3) is 0 Å². The van der Waals surface area contributed by atoms with E-state index in [1.807, 2.05) is 36.4 Å². The van der Waals surface area contributed by atoms with E-state index >= 15 is 0 Å². The van der Waals surface area contributed by atoms with Crippen molar-refractivity contribution in [2.24, 2.45) is 0 Å². The van der Waals surface area contributed by atoms with Crippen molar-refractivity contribution in [3.8, 4) is 16.9 Å². The van der Waals surface area contributed by atoms with Crippen molar-refractivity contribution in [3.63, 3.8) is 0 Å². The van der Waals surface area contributed by atoms with Crippen molar-refractivity contribution in [3.05, 3.63) is 48.5 Å². The Morgan fingerprint density at radius 3 is 2.57 bits per heavy atom. The second-order valence-electron chi connectivity index (χ2n) is 5.34. The molecule has 2 aromatic carbocycles. The van der Waals surface area contributed by atoms with Crippen LogP contribution in [0, 0.1) is 0 Å². The quantitative estimate of drug-likeness (QED) is 0.673. The molecular formula is C19H23NO3. The smallest absolute Gasteiger partial charge is 0.303 e. The van der Waals surface area contributed by atoms with Crippen LogP contribution in [-0.2, 0) is 4.79 Å². The summed E-state index contributed by atoms with van der Waals surface area (Å²) >= 11 is 0. The van der Waals surface area contributed by atoms with Gasteiger partial charge in [0.1, 0.15) is 5.75 Å². The third-order valence-electron chi connectivity index (χ3n) is 3.46. The molecule has 0 fully saturated rings. The molecule has 122 valence electrons. The van der Waals surface area contributed by atoms with Crippen LogP contribution in [-0.4, -0.2) is 24.2 Å². The van der Waals surface area contributed by atoms with Crippen LogP contribution in [0.25, 0.3) is 11.1 Å². The molecule has 0 radical (unpaired) electrons. The summed E-state index contributed by atoms with van der Waals surface area (Å²) in [5.74, 6) is -0.0294. The molecule has 0 aliphatic rings. The predicted molar refractivity (Wildman–Crippen MR) is 93.0 cm³/mol. The van der Waals surface area contributed by atoms with Gasteiger partial charge in [0.2, 0.25) is 0 Å². The number of rotatable bonds is 9. The molecular weight excluding hydrogens is 290 g/mol. The lowest BCUT2D eigenvalue weighted by Crippen LogP contribution is -2.02. The summed E-state index contributed by atoms with van der Waals surface area (Å²) in [6.45, 7) is 3.51. The number of nitrogens with one attached hydrogen (secondary N) is 1. The number of hydrogen-bond acceptors (Lipinski definition) is 3. The SMILES string of the molecule is CCCNc1ccccc1-c1ccc(OCCCC(=O)O)cc1. The van der Waals surface area contributed by atoms with Gasteiger partial charge < -0.3 is 15.2 Å². The molecule has 2 rings (SSSR count). The zero-order valence-electron chi connectivity index (χ0n) is 13.4. The zero-order chi connectivity index (χ0) is 16.5. The molecule has 2 N–H and O–H groups in total. The van der Waals surface area contributed by atoms with Crippen molar-refractivity contribution in [2.75, 3.05) is 18.5 Å². The van der Waals surface area contributed by atoms with E-state index in [9.17, 15) is 4.79 Å². The zero-order valence-corrected chi connectivity index (χ0v) is 13.4. The number of hydrogen-bond donors (Lipinski definition) is 2. The Morgan fingerprint density at radius 2 is 1.87 bits per heavy atom. The number of carbonyl (C=O) groups is 1. The van der Waals surface area contributed by atoms with Gasteiger partial charge >= 0.3 is 5.97 Å². The fourth-order valence-corrected chi connectivity index (χ4v) is 2.29. The lowest BCUT2D eigenvalue weighted by atomic mass is 10.0. The normalized spacial score (nSPS) is 10.3. The summed E-state index contributed by atoms with van der Waals surface area (Å²) in [6.07, 6.45) is 1.73. The summed E-state index contributed by atoms with van der Waals surface area (Å²) in [4.78, 5) is 10.5. The summed E-state index contributed by atoms with van der Waals surface area (Å²) in [5, 5.41) is 12.0.